The summed E-state index contributed by atoms with van der Waals surface area (Å²) in [6.07, 6.45) is 5.48. The molecule has 3 aromatic carbocycles. The second-order valence-corrected chi connectivity index (χ2v) is 9.54. The van der Waals surface area contributed by atoms with Crippen LogP contribution in [0.4, 0.5) is 0 Å². The lowest BCUT2D eigenvalue weighted by molar-refractivity contribution is -0.120. The second-order valence-electron chi connectivity index (χ2n) is 9.11. The number of hydrogen-bond acceptors (Lipinski definition) is 4. The van der Waals surface area contributed by atoms with Crippen molar-refractivity contribution in [2.45, 2.75) is 38.6 Å². The first-order valence-electron chi connectivity index (χ1n) is 12.9. The average molecular weight is 532 g/mol. The third-order valence-electron chi connectivity index (χ3n) is 6.32. The van der Waals surface area contributed by atoms with E-state index in [1.165, 1.54) is 0 Å². The number of methoxy groups -OCH3 is 1. The molecule has 198 valence electrons. The van der Waals surface area contributed by atoms with Crippen molar-refractivity contribution in [3.8, 4) is 11.5 Å². The van der Waals surface area contributed by atoms with E-state index in [4.69, 9.17) is 26.1 Å². The Labute approximate surface area is 229 Å². The van der Waals surface area contributed by atoms with E-state index >= 15 is 0 Å². The summed E-state index contributed by atoms with van der Waals surface area (Å²) in [5.41, 5.74) is 4.16. The maximum Gasteiger partial charge on any atom is 0.224 e. The summed E-state index contributed by atoms with van der Waals surface area (Å²) in [6, 6.07) is 21.5. The Morgan fingerprint density at radius 1 is 1.05 bits per heavy atom. The molecular formula is C31H34ClN3O3. The first-order chi connectivity index (χ1) is 18.6. The van der Waals surface area contributed by atoms with Crippen molar-refractivity contribution >= 4 is 28.5 Å². The molecule has 0 saturated carbocycles. The van der Waals surface area contributed by atoms with Crippen LogP contribution in [0.15, 0.2) is 79.4 Å². The molecule has 0 aliphatic rings. The summed E-state index contributed by atoms with van der Waals surface area (Å²) in [5, 5.41) is 3.68. The molecule has 0 spiro atoms. The Morgan fingerprint density at radius 2 is 1.84 bits per heavy atom. The number of halogens is 1. The number of amides is 1. The number of rotatable bonds is 14. The van der Waals surface area contributed by atoms with Crippen molar-refractivity contribution in [3.05, 3.63) is 101 Å². The number of aryl methyl sites for hydroxylation is 1. The fourth-order valence-electron chi connectivity index (χ4n) is 4.41. The van der Waals surface area contributed by atoms with Crippen LogP contribution in [0.5, 0.6) is 11.5 Å². The number of nitrogens with one attached hydrogen (secondary N) is 1. The van der Waals surface area contributed by atoms with E-state index in [0.29, 0.717) is 31.0 Å². The summed E-state index contributed by atoms with van der Waals surface area (Å²) in [7, 11) is 1.66. The number of benzene rings is 3. The summed E-state index contributed by atoms with van der Waals surface area (Å²) >= 11 is 5.93. The van der Waals surface area contributed by atoms with Gasteiger partial charge in [-0.25, -0.2) is 4.98 Å². The van der Waals surface area contributed by atoms with Crippen LogP contribution in [0.25, 0.3) is 11.0 Å². The Bertz CT molecular complexity index is 1360. The van der Waals surface area contributed by atoms with Gasteiger partial charge in [0.05, 0.1) is 31.2 Å². The number of fused-ring (bicyclic) bond motifs is 1. The van der Waals surface area contributed by atoms with Crippen LogP contribution < -0.4 is 14.8 Å². The number of carbonyl (C=O) groups excluding carboxylic acids is 1. The minimum atomic E-state index is -0.0138. The van der Waals surface area contributed by atoms with Crippen molar-refractivity contribution in [1.29, 1.82) is 0 Å². The molecule has 0 radical (unpaired) electrons. The number of hydrogen-bond donors (Lipinski definition) is 1. The Morgan fingerprint density at radius 3 is 2.63 bits per heavy atom. The lowest BCUT2D eigenvalue weighted by Gasteiger charge is -2.13. The van der Waals surface area contributed by atoms with Crippen molar-refractivity contribution < 1.29 is 14.3 Å². The van der Waals surface area contributed by atoms with Crippen LogP contribution >= 0.6 is 11.6 Å². The zero-order chi connectivity index (χ0) is 26.7. The number of carbonyl (C=O) groups is 1. The number of unbranched alkanes of at least 4 members (excludes halogenated alkanes) is 1. The fourth-order valence-corrected chi connectivity index (χ4v) is 4.53. The molecule has 0 fully saturated rings. The Kier molecular flexibility index (Phi) is 9.82. The molecule has 0 atom stereocenters. The topological polar surface area (TPSA) is 65.4 Å². The molecule has 0 bridgehead atoms. The minimum Gasteiger partial charge on any atom is -0.493 e. The number of allylic oxidation sites excluding steroid dienone is 1. The van der Waals surface area contributed by atoms with Gasteiger partial charge in [0, 0.05) is 24.5 Å². The summed E-state index contributed by atoms with van der Waals surface area (Å²) in [6.45, 7) is 5.74. The maximum absolute atomic E-state index is 12.4. The van der Waals surface area contributed by atoms with Gasteiger partial charge in [-0.15, -0.1) is 6.58 Å². The molecule has 6 nitrogen and oxygen atoms in total. The molecule has 7 heteroatoms. The molecule has 1 heterocycles. The van der Waals surface area contributed by atoms with E-state index in [1.54, 1.807) is 19.2 Å². The zero-order valence-corrected chi connectivity index (χ0v) is 22.5. The lowest BCUT2D eigenvalue weighted by atomic mass is 10.1. The Hall–Kier alpha value is -3.77. The molecule has 38 heavy (non-hydrogen) atoms. The van der Waals surface area contributed by atoms with Crippen molar-refractivity contribution in [2.75, 3.05) is 20.3 Å². The van der Waals surface area contributed by atoms with Crippen LogP contribution in [0.1, 0.15) is 29.8 Å². The summed E-state index contributed by atoms with van der Waals surface area (Å²) in [5.74, 6) is 2.45. The van der Waals surface area contributed by atoms with Crippen LogP contribution in [-0.4, -0.2) is 35.7 Å². The van der Waals surface area contributed by atoms with E-state index in [1.807, 2.05) is 54.6 Å². The number of nitrogens with zero attached hydrogens (tertiary/aromatic N) is 2. The number of para-hydroxylation sites is 2. The van der Waals surface area contributed by atoms with Gasteiger partial charge in [0.25, 0.3) is 0 Å². The lowest BCUT2D eigenvalue weighted by Crippen LogP contribution is -2.28. The van der Waals surface area contributed by atoms with Gasteiger partial charge < -0.3 is 19.4 Å². The van der Waals surface area contributed by atoms with E-state index in [2.05, 4.69) is 22.5 Å². The zero-order valence-electron chi connectivity index (χ0n) is 21.8. The molecular weight excluding hydrogens is 498 g/mol. The first kappa shape index (κ1) is 27.3. The highest BCUT2D eigenvalue weighted by molar-refractivity contribution is 6.30. The molecule has 1 amide bonds. The smallest absolute Gasteiger partial charge is 0.224 e. The highest BCUT2D eigenvalue weighted by Crippen LogP contribution is 2.28. The molecule has 0 saturated heterocycles. The van der Waals surface area contributed by atoms with Crippen molar-refractivity contribution in [2.24, 2.45) is 0 Å². The van der Waals surface area contributed by atoms with Gasteiger partial charge in [-0.3, -0.25) is 4.79 Å². The van der Waals surface area contributed by atoms with Crippen molar-refractivity contribution in [3.63, 3.8) is 0 Å². The molecule has 0 aliphatic heterocycles. The van der Waals surface area contributed by atoms with E-state index in [0.717, 1.165) is 65.3 Å². The number of imidazole rings is 1. The van der Waals surface area contributed by atoms with Gasteiger partial charge in [-0.2, -0.15) is 0 Å². The summed E-state index contributed by atoms with van der Waals surface area (Å²) < 4.78 is 13.8. The van der Waals surface area contributed by atoms with Gasteiger partial charge in [-0.05, 0) is 66.8 Å². The van der Waals surface area contributed by atoms with Gasteiger partial charge in [-0.1, -0.05) is 48.0 Å². The standard InChI is InChI=1S/C31H34ClN3O3/c1-3-8-23-13-16-28(29(21-23)37-2)38-20-7-6-19-35-27-10-5-4-9-26(27)34-30(35)17-18-33-31(36)22-24-11-14-25(32)15-12-24/h3-5,9-16,21H,1,6-8,17-20,22H2,2H3,(H,33,36). The molecule has 0 aliphatic carbocycles. The SMILES string of the molecule is C=CCc1ccc(OCCCCn2c(CCNC(=O)Cc3ccc(Cl)cc3)nc3ccccc32)c(OC)c1. The monoisotopic (exact) mass is 531 g/mol. The molecule has 4 aromatic rings. The van der Waals surface area contributed by atoms with E-state index in [9.17, 15) is 4.79 Å². The van der Waals surface area contributed by atoms with Gasteiger partial charge >= 0.3 is 0 Å². The molecule has 0 unspecified atom stereocenters. The highest BCUT2D eigenvalue weighted by Gasteiger charge is 2.12. The van der Waals surface area contributed by atoms with Gasteiger partial charge in [0.2, 0.25) is 5.91 Å². The largest absolute Gasteiger partial charge is 0.493 e. The highest BCUT2D eigenvalue weighted by atomic mass is 35.5. The van der Waals surface area contributed by atoms with Gasteiger partial charge in [0.15, 0.2) is 11.5 Å². The predicted octanol–water partition coefficient (Wildman–Crippen LogP) is 6.19. The predicted molar refractivity (Wildman–Crippen MR) is 153 cm³/mol. The molecule has 4 rings (SSSR count). The maximum atomic E-state index is 12.4. The van der Waals surface area contributed by atoms with Crippen molar-refractivity contribution in [1.82, 2.24) is 14.9 Å². The Balaban J connectivity index is 1.29. The second kappa shape index (κ2) is 13.7. The molecule has 1 aromatic heterocycles. The molecule has 1 N–H and O–H groups in total. The van der Waals surface area contributed by atoms with E-state index < -0.39 is 0 Å². The fraction of sp³-hybridized carbons (Fsp3) is 0.290. The first-order valence-corrected chi connectivity index (χ1v) is 13.3. The number of aromatic nitrogens is 2. The third-order valence-corrected chi connectivity index (χ3v) is 6.58. The minimum absolute atomic E-state index is 0.0138. The number of ether oxygens (including phenoxy) is 2. The quantitative estimate of drug-likeness (QED) is 0.156. The van der Waals surface area contributed by atoms with Crippen LogP contribution in [0, 0.1) is 0 Å². The van der Waals surface area contributed by atoms with Crippen LogP contribution in [0.2, 0.25) is 5.02 Å². The average Bonchev–Trinajstić information content (AvgIpc) is 3.27. The normalized spacial score (nSPS) is 10.9. The van der Waals surface area contributed by atoms with Crippen LogP contribution in [0.3, 0.4) is 0 Å². The van der Waals surface area contributed by atoms with Crippen LogP contribution in [-0.2, 0) is 30.6 Å². The van der Waals surface area contributed by atoms with E-state index in [-0.39, 0.29) is 5.91 Å². The third kappa shape index (κ3) is 7.39. The summed E-state index contributed by atoms with van der Waals surface area (Å²) in [4.78, 5) is 17.2. The van der Waals surface area contributed by atoms with Gasteiger partial charge in [0.1, 0.15) is 5.82 Å².